The van der Waals surface area contributed by atoms with E-state index in [1.807, 2.05) is 21.8 Å². The summed E-state index contributed by atoms with van der Waals surface area (Å²) in [6.45, 7) is 5.12. The fourth-order valence-corrected chi connectivity index (χ4v) is 4.87. The van der Waals surface area contributed by atoms with Crippen molar-refractivity contribution in [2.75, 3.05) is 18.4 Å². The highest BCUT2D eigenvalue weighted by Gasteiger charge is 2.54. The quantitative estimate of drug-likeness (QED) is 0.415. The molecule has 0 radical (unpaired) electrons. The molecule has 6 rings (SSSR count). The number of pyridine rings is 2. The van der Waals surface area contributed by atoms with E-state index in [-0.39, 0.29) is 29.0 Å². The van der Waals surface area contributed by atoms with Gasteiger partial charge in [-0.3, -0.25) is 9.59 Å². The second-order valence-electron chi connectivity index (χ2n) is 9.25. The minimum atomic E-state index is -0.372. The Kier molecular flexibility index (Phi) is 5.17. The zero-order chi connectivity index (χ0) is 24.7. The lowest BCUT2D eigenvalue weighted by molar-refractivity contribution is -0.149. The van der Waals surface area contributed by atoms with Gasteiger partial charge in [0, 0.05) is 30.3 Å². The van der Waals surface area contributed by atoms with E-state index >= 15 is 0 Å². The number of carbonyl (C=O) groups excluding carboxylic acids is 2. The number of likely N-dealkylation sites (tertiary alicyclic amines) is 1. The highest BCUT2D eigenvalue weighted by Crippen LogP contribution is 2.53. The smallest absolute Gasteiger partial charge is 0.275 e. The summed E-state index contributed by atoms with van der Waals surface area (Å²) in [5.41, 5.74) is 3.25. The predicted octanol–water partition coefficient (Wildman–Crippen LogP) is 2.99. The van der Waals surface area contributed by atoms with E-state index in [0.29, 0.717) is 22.8 Å². The lowest BCUT2D eigenvalue weighted by Gasteiger charge is -2.58. The summed E-state index contributed by atoms with van der Waals surface area (Å²) in [5, 5.41) is 15.0. The summed E-state index contributed by atoms with van der Waals surface area (Å²) in [6, 6.07) is 8.98. The molecule has 0 aromatic carbocycles. The first kappa shape index (κ1) is 21.8. The molecule has 11 heteroatoms. The summed E-state index contributed by atoms with van der Waals surface area (Å²) < 4.78 is 6.73. The molecule has 1 aliphatic carbocycles. The number of anilines is 1. The Morgan fingerprint density at radius 3 is 2.69 bits per heavy atom. The van der Waals surface area contributed by atoms with Crippen LogP contribution in [0.3, 0.4) is 0 Å². The van der Waals surface area contributed by atoms with Crippen LogP contribution in [-0.2, 0) is 4.79 Å². The molecular formula is C25H22N8O3. The van der Waals surface area contributed by atoms with Crippen LogP contribution >= 0.6 is 0 Å². The topological polar surface area (TPSA) is 132 Å². The van der Waals surface area contributed by atoms with Gasteiger partial charge in [0.25, 0.3) is 5.91 Å². The predicted molar refractivity (Wildman–Crippen MR) is 128 cm³/mol. The number of hydrogen-bond donors (Lipinski definition) is 1. The molecular weight excluding hydrogens is 460 g/mol. The highest BCUT2D eigenvalue weighted by atomic mass is 16.5. The maximum atomic E-state index is 12.7. The van der Waals surface area contributed by atoms with E-state index in [9.17, 15) is 9.59 Å². The number of amides is 2. The van der Waals surface area contributed by atoms with Crippen LogP contribution in [0.25, 0.3) is 22.5 Å². The third kappa shape index (κ3) is 3.94. The van der Waals surface area contributed by atoms with Gasteiger partial charge in [0.05, 0.1) is 29.7 Å². The van der Waals surface area contributed by atoms with Crippen molar-refractivity contribution < 1.29 is 14.1 Å². The molecule has 1 N–H and O–H groups in total. The lowest BCUT2D eigenvalue weighted by Crippen LogP contribution is -2.63. The number of nitrogens with one attached hydrogen (secondary N) is 1. The molecule has 2 aliphatic rings. The van der Waals surface area contributed by atoms with Crippen LogP contribution < -0.4 is 5.32 Å². The van der Waals surface area contributed by atoms with Gasteiger partial charge in [0.1, 0.15) is 23.5 Å². The Morgan fingerprint density at radius 1 is 1.11 bits per heavy atom. The van der Waals surface area contributed by atoms with Gasteiger partial charge in [-0.15, -0.1) is 5.10 Å². The first-order valence-corrected chi connectivity index (χ1v) is 11.5. The first-order valence-electron chi connectivity index (χ1n) is 11.5. The second-order valence-corrected chi connectivity index (χ2v) is 9.25. The van der Waals surface area contributed by atoms with Gasteiger partial charge in [-0.2, -0.15) is 0 Å². The van der Waals surface area contributed by atoms with Crippen LogP contribution in [0, 0.1) is 5.41 Å². The van der Waals surface area contributed by atoms with Crippen molar-refractivity contribution in [2.24, 2.45) is 5.41 Å². The zero-order valence-electron chi connectivity index (χ0n) is 19.2. The van der Waals surface area contributed by atoms with E-state index < -0.39 is 0 Å². The van der Waals surface area contributed by atoms with Crippen LogP contribution in [0.15, 0.2) is 72.4 Å². The Morgan fingerprint density at radius 2 is 1.97 bits per heavy atom. The van der Waals surface area contributed by atoms with E-state index in [4.69, 9.17) is 4.52 Å². The standard InChI is InChI=1S/C25H22N8O3/c1-2-23(34)32-14-25(15-32)8-18(9-25)33-12-21(30-31-33)16-6-7-22(26-10-16)29-24(35)20-5-3-4-19(28-20)17-11-27-36-13-17/h2-7,10-13,18H,1,8-9,14-15H2,(H,26,29,35). The molecule has 4 aromatic rings. The Labute approximate surface area is 205 Å². The fraction of sp³-hybridized carbons (Fsp3) is 0.240. The summed E-state index contributed by atoms with van der Waals surface area (Å²) in [5.74, 6) is 0.0245. The van der Waals surface area contributed by atoms with Gasteiger partial charge in [-0.25, -0.2) is 14.6 Å². The minimum absolute atomic E-state index is 0.00385. The highest BCUT2D eigenvalue weighted by molar-refractivity contribution is 6.02. The fourth-order valence-electron chi connectivity index (χ4n) is 4.87. The zero-order valence-corrected chi connectivity index (χ0v) is 19.2. The van der Waals surface area contributed by atoms with Crippen LogP contribution in [0.1, 0.15) is 29.4 Å². The number of nitrogens with zero attached hydrogens (tertiary/aromatic N) is 7. The molecule has 0 unspecified atom stereocenters. The number of aromatic nitrogens is 6. The number of carbonyl (C=O) groups is 2. The lowest BCUT2D eigenvalue weighted by atomic mass is 9.60. The number of hydrogen-bond acceptors (Lipinski definition) is 8. The van der Waals surface area contributed by atoms with E-state index in [1.165, 1.54) is 18.5 Å². The van der Waals surface area contributed by atoms with Crippen molar-refractivity contribution >= 4 is 17.6 Å². The molecule has 0 bridgehead atoms. The molecule has 4 aromatic heterocycles. The Bertz CT molecular complexity index is 1430. The molecule has 1 aliphatic heterocycles. The van der Waals surface area contributed by atoms with Crippen LogP contribution in [0.4, 0.5) is 5.82 Å². The third-order valence-corrected chi connectivity index (χ3v) is 6.77. The molecule has 180 valence electrons. The van der Waals surface area contributed by atoms with Crippen molar-refractivity contribution in [1.29, 1.82) is 0 Å². The van der Waals surface area contributed by atoms with Crippen LogP contribution in [-0.4, -0.2) is 59.9 Å². The van der Waals surface area contributed by atoms with Crippen molar-refractivity contribution in [3.05, 3.63) is 73.5 Å². The maximum Gasteiger partial charge on any atom is 0.275 e. The maximum absolute atomic E-state index is 12.7. The van der Waals surface area contributed by atoms with Crippen LogP contribution in [0.2, 0.25) is 0 Å². The molecule has 5 heterocycles. The van der Waals surface area contributed by atoms with Gasteiger partial charge in [0.15, 0.2) is 0 Å². The van der Waals surface area contributed by atoms with Gasteiger partial charge in [-0.1, -0.05) is 23.0 Å². The molecule has 1 spiro atoms. The van der Waals surface area contributed by atoms with E-state index in [0.717, 1.165) is 31.5 Å². The van der Waals surface area contributed by atoms with Crippen molar-refractivity contribution in [2.45, 2.75) is 18.9 Å². The van der Waals surface area contributed by atoms with Gasteiger partial charge in [0.2, 0.25) is 5.91 Å². The first-order chi connectivity index (χ1) is 17.5. The van der Waals surface area contributed by atoms with Crippen molar-refractivity contribution in [3.8, 4) is 22.5 Å². The van der Waals surface area contributed by atoms with E-state index in [1.54, 1.807) is 30.5 Å². The molecule has 11 nitrogen and oxygen atoms in total. The second kappa shape index (κ2) is 8.52. The number of rotatable bonds is 6. The Hall–Kier alpha value is -4.67. The van der Waals surface area contributed by atoms with Gasteiger partial charge < -0.3 is 14.7 Å². The van der Waals surface area contributed by atoms with Crippen molar-refractivity contribution in [1.82, 2.24) is 35.0 Å². The van der Waals surface area contributed by atoms with Crippen LogP contribution in [0.5, 0.6) is 0 Å². The van der Waals surface area contributed by atoms with Gasteiger partial charge in [-0.05, 0) is 43.2 Å². The molecule has 0 atom stereocenters. The summed E-state index contributed by atoms with van der Waals surface area (Å²) in [7, 11) is 0. The SMILES string of the molecule is C=CC(=O)N1CC2(CC(n3cc(-c4ccc(NC(=O)c5cccc(-c6cnoc6)n5)nc4)nn3)C2)C1. The van der Waals surface area contributed by atoms with Gasteiger partial charge >= 0.3 is 0 Å². The normalized spacial score (nSPS) is 16.3. The monoisotopic (exact) mass is 482 g/mol. The summed E-state index contributed by atoms with van der Waals surface area (Å²) in [6.07, 6.45) is 9.90. The molecule has 1 saturated heterocycles. The summed E-state index contributed by atoms with van der Waals surface area (Å²) in [4.78, 5) is 34.9. The summed E-state index contributed by atoms with van der Waals surface area (Å²) >= 11 is 0. The average molecular weight is 483 g/mol. The molecule has 1 saturated carbocycles. The molecule has 2 fully saturated rings. The average Bonchev–Trinajstić information content (AvgIpc) is 3.56. The minimum Gasteiger partial charge on any atom is -0.364 e. The molecule has 2 amide bonds. The van der Waals surface area contributed by atoms with Crippen molar-refractivity contribution in [3.63, 3.8) is 0 Å². The Balaban J connectivity index is 1.07. The van der Waals surface area contributed by atoms with E-state index in [2.05, 4.69) is 37.3 Å². The largest absolute Gasteiger partial charge is 0.364 e. The third-order valence-electron chi connectivity index (χ3n) is 6.77. The molecule has 36 heavy (non-hydrogen) atoms.